The molecule has 0 bridgehead atoms. The lowest BCUT2D eigenvalue weighted by Crippen LogP contribution is -2.30. The molecule has 1 rings (SSSR count). The molecular formula is C5H9N3O2. The van der Waals surface area contributed by atoms with Crippen molar-refractivity contribution in [3.63, 3.8) is 0 Å². The molecule has 1 heterocycles. The van der Waals surface area contributed by atoms with Gasteiger partial charge in [-0.15, -0.1) is 0 Å². The Labute approximate surface area is 58.4 Å². The van der Waals surface area contributed by atoms with Gasteiger partial charge < -0.3 is 10.2 Å². The summed E-state index contributed by atoms with van der Waals surface area (Å²) in [5.41, 5.74) is 0. The molecule has 0 aromatic heterocycles. The molecule has 2 amide bonds. The summed E-state index contributed by atoms with van der Waals surface area (Å²) in [7, 11) is 0. The van der Waals surface area contributed by atoms with Crippen LogP contribution >= 0.6 is 0 Å². The summed E-state index contributed by atoms with van der Waals surface area (Å²) in [6.07, 6.45) is 0. The summed E-state index contributed by atoms with van der Waals surface area (Å²) in [5, 5.41) is 5.28. The highest BCUT2D eigenvalue weighted by Crippen LogP contribution is 1.94. The van der Waals surface area contributed by atoms with Gasteiger partial charge in [-0.1, -0.05) is 5.18 Å². The molecule has 0 spiro atoms. The number of nitrogens with one attached hydrogen (secondary N) is 1. The fraction of sp³-hybridized carbons (Fsp3) is 0.800. The third-order valence-electron chi connectivity index (χ3n) is 1.41. The standard InChI is InChI=1S/C5H9N3O2/c9-5-6-1-3-8(5)4-2-7-10/h1-4H2,(H,6,9). The average molecular weight is 143 g/mol. The second kappa shape index (κ2) is 3.14. The molecule has 0 unspecified atom stereocenters. The molecule has 1 aliphatic heterocycles. The molecule has 0 saturated carbocycles. The first-order valence-electron chi connectivity index (χ1n) is 3.16. The summed E-state index contributed by atoms with van der Waals surface area (Å²) in [5.74, 6) is 0. The van der Waals surface area contributed by atoms with Gasteiger partial charge in [-0.25, -0.2) is 4.79 Å². The van der Waals surface area contributed by atoms with Crippen LogP contribution in [0, 0.1) is 4.91 Å². The molecule has 0 atom stereocenters. The number of carbonyl (C=O) groups excluding carboxylic acids is 1. The van der Waals surface area contributed by atoms with Crippen molar-refractivity contribution in [2.45, 2.75) is 0 Å². The Morgan fingerprint density at radius 2 is 2.50 bits per heavy atom. The average Bonchev–Trinajstić information content (AvgIpc) is 2.31. The molecule has 1 saturated heterocycles. The van der Waals surface area contributed by atoms with Gasteiger partial charge in [-0.2, -0.15) is 4.91 Å². The fourth-order valence-corrected chi connectivity index (χ4v) is 0.886. The molecule has 0 aromatic carbocycles. The maximum atomic E-state index is 10.8. The Hall–Kier alpha value is -1.13. The van der Waals surface area contributed by atoms with Crippen molar-refractivity contribution < 1.29 is 4.79 Å². The van der Waals surface area contributed by atoms with Gasteiger partial charge in [0.15, 0.2) is 0 Å². The lowest BCUT2D eigenvalue weighted by molar-refractivity contribution is 0.218. The molecule has 0 aliphatic carbocycles. The van der Waals surface area contributed by atoms with Crippen molar-refractivity contribution in [3.05, 3.63) is 4.91 Å². The SMILES string of the molecule is O=NCCN1CCNC1=O. The van der Waals surface area contributed by atoms with E-state index in [9.17, 15) is 9.70 Å². The van der Waals surface area contributed by atoms with E-state index in [0.717, 1.165) is 0 Å². The first-order chi connectivity index (χ1) is 4.84. The molecule has 10 heavy (non-hydrogen) atoms. The van der Waals surface area contributed by atoms with Crippen molar-refractivity contribution >= 4 is 6.03 Å². The number of carbonyl (C=O) groups is 1. The van der Waals surface area contributed by atoms with Gasteiger partial charge in [-0.05, 0) is 0 Å². The van der Waals surface area contributed by atoms with E-state index in [0.29, 0.717) is 19.6 Å². The number of rotatable bonds is 3. The second-order valence-electron chi connectivity index (χ2n) is 2.07. The van der Waals surface area contributed by atoms with E-state index < -0.39 is 0 Å². The number of urea groups is 1. The Kier molecular flexibility index (Phi) is 2.20. The zero-order chi connectivity index (χ0) is 7.40. The zero-order valence-electron chi connectivity index (χ0n) is 5.54. The smallest absolute Gasteiger partial charge is 0.317 e. The molecule has 1 fully saturated rings. The molecule has 1 aliphatic rings. The molecule has 0 aromatic rings. The summed E-state index contributed by atoms with van der Waals surface area (Å²) >= 11 is 0. The van der Waals surface area contributed by atoms with Crippen LogP contribution in [0.25, 0.3) is 0 Å². The Bertz CT molecular complexity index is 148. The molecular weight excluding hydrogens is 134 g/mol. The largest absolute Gasteiger partial charge is 0.336 e. The van der Waals surface area contributed by atoms with Crippen LogP contribution in [0.2, 0.25) is 0 Å². The maximum absolute atomic E-state index is 10.8. The number of hydrogen-bond acceptors (Lipinski definition) is 3. The first-order valence-corrected chi connectivity index (χ1v) is 3.16. The molecule has 1 N–H and O–H groups in total. The van der Waals surface area contributed by atoms with Crippen LogP contribution in [0.4, 0.5) is 4.79 Å². The predicted octanol–water partition coefficient (Wildman–Crippen LogP) is -0.222. The van der Waals surface area contributed by atoms with Crippen molar-refractivity contribution in [1.29, 1.82) is 0 Å². The van der Waals surface area contributed by atoms with E-state index in [1.165, 1.54) is 0 Å². The van der Waals surface area contributed by atoms with Crippen LogP contribution in [0.1, 0.15) is 0 Å². The van der Waals surface area contributed by atoms with Crippen LogP contribution in [-0.4, -0.2) is 37.1 Å². The van der Waals surface area contributed by atoms with Crippen LogP contribution in [0.3, 0.4) is 0 Å². The van der Waals surface area contributed by atoms with Crippen molar-refractivity contribution in [2.75, 3.05) is 26.2 Å². The Morgan fingerprint density at radius 3 is 3.00 bits per heavy atom. The first kappa shape index (κ1) is 6.98. The normalized spacial score (nSPS) is 17.2. The minimum atomic E-state index is -0.0938. The van der Waals surface area contributed by atoms with Crippen LogP contribution in [-0.2, 0) is 0 Å². The molecule has 5 heteroatoms. The minimum absolute atomic E-state index is 0.0938. The van der Waals surface area contributed by atoms with Crippen LogP contribution in [0.5, 0.6) is 0 Å². The van der Waals surface area contributed by atoms with Crippen molar-refractivity contribution in [1.82, 2.24) is 10.2 Å². The van der Waals surface area contributed by atoms with Gasteiger partial charge in [-0.3, -0.25) is 0 Å². The van der Waals surface area contributed by atoms with E-state index in [-0.39, 0.29) is 12.6 Å². The fourth-order valence-electron chi connectivity index (χ4n) is 0.886. The monoisotopic (exact) mass is 143 g/mol. The van der Waals surface area contributed by atoms with E-state index in [4.69, 9.17) is 0 Å². The minimum Gasteiger partial charge on any atom is -0.336 e. The van der Waals surface area contributed by atoms with Gasteiger partial charge in [0.05, 0.1) is 6.54 Å². The van der Waals surface area contributed by atoms with E-state index >= 15 is 0 Å². The summed E-state index contributed by atoms with van der Waals surface area (Å²) in [6.45, 7) is 1.99. The highest BCUT2D eigenvalue weighted by molar-refractivity contribution is 5.76. The molecule has 5 nitrogen and oxygen atoms in total. The second-order valence-corrected chi connectivity index (χ2v) is 2.07. The van der Waals surface area contributed by atoms with Crippen molar-refractivity contribution in [2.24, 2.45) is 5.18 Å². The Morgan fingerprint density at radius 1 is 1.70 bits per heavy atom. The topological polar surface area (TPSA) is 61.8 Å². The highest BCUT2D eigenvalue weighted by atomic mass is 16.3. The summed E-state index contributed by atoms with van der Waals surface area (Å²) < 4.78 is 0. The van der Waals surface area contributed by atoms with Gasteiger partial charge in [0.1, 0.15) is 0 Å². The summed E-state index contributed by atoms with van der Waals surface area (Å²) in [6, 6.07) is -0.0938. The van der Waals surface area contributed by atoms with E-state index in [1.54, 1.807) is 4.90 Å². The number of hydrogen-bond donors (Lipinski definition) is 1. The third-order valence-corrected chi connectivity index (χ3v) is 1.41. The van der Waals surface area contributed by atoms with Gasteiger partial charge in [0.2, 0.25) is 0 Å². The van der Waals surface area contributed by atoms with Gasteiger partial charge in [0, 0.05) is 19.6 Å². The van der Waals surface area contributed by atoms with E-state index in [1.807, 2.05) is 0 Å². The van der Waals surface area contributed by atoms with Gasteiger partial charge in [0.25, 0.3) is 0 Å². The van der Waals surface area contributed by atoms with Crippen LogP contribution in [0.15, 0.2) is 5.18 Å². The lowest BCUT2D eigenvalue weighted by atomic mass is 10.5. The number of amides is 2. The number of nitrogens with zero attached hydrogens (tertiary/aromatic N) is 2. The van der Waals surface area contributed by atoms with Gasteiger partial charge >= 0.3 is 6.03 Å². The third kappa shape index (κ3) is 1.43. The predicted molar refractivity (Wildman–Crippen MR) is 35.6 cm³/mol. The van der Waals surface area contributed by atoms with Crippen molar-refractivity contribution in [3.8, 4) is 0 Å². The molecule has 0 radical (unpaired) electrons. The lowest BCUT2D eigenvalue weighted by Gasteiger charge is -2.09. The quantitative estimate of drug-likeness (QED) is 0.555. The van der Waals surface area contributed by atoms with Crippen LogP contribution < -0.4 is 5.32 Å². The number of nitroso groups, excluding NO2 is 1. The molecule has 56 valence electrons. The Balaban J connectivity index is 2.26. The summed E-state index contributed by atoms with van der Waals surface area (Å²) in [4.78, 5) is 22.0. The highest BCUT2D eigenvalue weighted by Gasteiger charge is 2.17. The zero-order valence-corrected chi connectivity index (χ0v) is 5.54. The van der Waals surface area contributed by atoms with E-state index in [2.05, 4.69) is 10.5 Å². The maximum Gasteiger partial charge on any atom is 0.317 e.